The topological polar surface area (TPSA) is 6.48 Å². The van der Waals surface area contributed by atoms with Crippen molar-refractivity contribution in [2.75, 3.05) is 32.7 Å². The molecule has 0 N–H and O–H groups in total. The summed E-state index contributed by atoms with van der Waals surface area (Å²) < 4.78 is 27.2. The van der Waals surface area contributed by atoms with Crippen molar-refractivity contribution >= 4 is 6.08 Å². The maximum absolute atomic E-state index is 14.1. The monoisotopic (exact) mass is 418 g/mol. The van der Waals surface area contributed by atoms with Crippen LogP contribution < -0.4 is 0 Å². The molecule has 0 aromatic heterocycles. The van der Waals surface area contributed by atoms with E-state index in [1.54, 1.807) is 0 Å². The largest absolute Gasteiger partial charge is 0.297 e. The highest BCUT2D eigenvalue weighted by Gasteiger charge is 2.21. The summed E-state index contributed by atoms with van der Waals surface area (Å²) in [5, 5.41) is 0. The van der Waals surface area contributed by atoms with Gasteiger partial charge in [-0.1, -0.05) is 66.7 Å². The smallest absolute Gasteiger partial charge is 0.133 e. The lowest BCUT2D eigenvalue weighted by Crippen LogP contribution is -2.47. The van der Waals surface area contributed by atoms with E-state index in [0.29, 0.717) is 11.6 Å². The normalized spacial score (nSPS) is 16.6. The molecule has 0 spiro atoms. The van der Waals surface area contributed by atoms with Crippen LogP contribution in [0.2, 0.25) is 0 Å². The van der Waals surface area contributed by atoms with Crippen molar-refractivity contribution < 1.29 is 8.78 Å². The van der Waals surface area contributed by atoms with Gasteiger partial charge in [0.25, 0.3) is 0 Å². The van der Waals surface area contributed by atoms with Crippen LogP contribution in [-0.4, -0.2) is 42.5 Å². The lowest BCUT2D eigenvalue weighted by Gasteiger charge is -2.38. The van der Waals surface area contributed by atoms with Gasteiger partial charge in [-0.25, -0.2) is 8.78 Å². The van der Waals surface area contributed by atoms with E-state index in [9.17, 15) is 8.78 Å². The Morgan fingerprint density at radius 1 is 0.871 bits per heavy atom. The molecule has 1 heterocycles. The molecule has 4 heteroatoms. The van der Waals surface area contributed by atoms with E-state index in [-0.39, 0.29) is 0 Å². The third kappa shape index (κ3) is 5.46. The Morgan fingerprint density at radius 3 is 2.26 bits per heavy atom. The molecule has 1 atom stereocenters. The summed E-state index contributed by atoms with van der Waals surface area (Å²) >= 11 is 0. The Balaban J connectivity index is 1.31. The summed E-state index contributed by atoms with van der Waals surface area (Å²) in [6.07, 6.45) is 4.42. The molecule has 2 nitrogen and oxygen atoms in total. The molecule has 160 valence electrons. The number of halogens is 2. The molecule has 0 bridgehead atoms. The molecule has 0 radical (unpaired) electrons. The molecule has 31 heavy (non-hydrogen) atoms. The molecule has 4 rings (SSSR count). The predicted octanol–water partition coefficient (Wildman–Crippen LogP) is 6.02. The second-order valence-corrected chi connectivity index (χ2v) is 8.07. The molecule has 1 aliphatic heterocycles. The molecule has 1 aliphatic rings. The van der Waals surface area contributed by atoms with Gasteiger partial charge >= 0.3 is 0 Å². The zero-order valence-electron chi connectivity index (χ0n) is 17.8. The summed E-state index contributed by atoms with van der Waals surface area (Å²) in [4.78, 5) is 4.97. The average molecular weight is 419 g/mol. The Bertz CT molecular complexity index is 1010. The van der Waals surface area contributed by atoms with Gasteiger partial charge in [0.2, 0.25) is 0 Å². The summed E-state index contributed by atoms with van der Waals surface area (Å²) in [5.41, 5.74) is 3.64. The molecular weight excluding hydrogens is 390 g/mol. The highest BCUT2D eigenvalue weighted by molar-refractivity contribution is 5.64. The minimum atomic E-state index is -0.554. The Kier molecular flexibility index (Phi) is 6.90. The average Bonchev–Trinajstić information content (AvgIpc) is 2.80. The Morgan fingerprint density at radius 2 is 1.58 bits per heavy atom. The van der Waals surface area contributed by atoms with E-state index in [4.69, 9.17) is 0 Å². The summed E-state index contributed by atoms with van der Waals surface area (Å²) in [5.74, 6) is -1.08. The van der Waals surface area contributed by atoms with E-state index >= 15 is 0 Å². The number of benzene rings is 3. The van der Waals surface area contributed by atoms with Crippen molar-refractivity contribution in [1.29, 1.82) is 0 Å². The van der Waals surface area contributed by atoms with Crippen LogP contribution in [0.3, 0.4) is 0 Å². The third-order valence-electron chi connectivity index (χ3n) is 6.06. The first-order valence-electron chi connectivity index (χ1n) is 10.8. The van der Waals surface area contributed by atoms with E-state index in [1.807, 2.05) is 18.2 Å². The van der Waals surface area contributed by atoms with Gasteiger partial charge in [-0.2, -0.15) is 0 Å². The van der Waals surface area contributed by atoms with Crippen LogP contribution in [0.5, 0.6) is 0 Å². The lowest BCUT2D eigenvalue weighted by molar-refractivity contribution is 0.110. The van der Waals surface area contributed by atoms with Gasteiger partial charge < -0.3 is 0 Å². The number of hydrogen-bond donors (Lipinski definition) is 0. The molecular formula is C27H28F2N2. The SMILES string of the molecule is CC(c1ccc(-c2ccc(F)cc2F)cc1)N1CCN(CC=Cc2ccccc2)CC1. The number of piperazine rings is 1. The Labute approximate surface area is 183 Å². The van der Waals surface area contributed by atoms with Gasteiger partial charge in [0.1, 0.15) is 11.6 Å². The van der Waals surface area contributed by atoms with Crippen LogP contribution in [0.25, 0.3) is 17.2 Å². The summed E-state index contributed by atoms with van der Waals surface area (Å²) in [7, 11) is 0. The maximum atomic E-state index is 14.1. The van der Waals surface area contributed by atoms with Crippen molar-refractivity contribution in [1.82, 2.24) is 9.80 Å². The Hall–Kier alpha value is -2.82. The van der Waals surface area contributed by atoms with E-state index in [0.717, 1.165) is 44.4 Å². The van der Waals surface area contributed by atoms with Crippen LogP contribution in [0.4, 0.5) is 8.78 Å². The predicted molar refractivity (Wildman–Crippen MR) is 124 cm³/mol. The van der Waals surface area contributed by atoms with Crippen LogP contribution >= 0.6 is 0 Å². The van der Waals surface area contributed by atoms with E-state index in [2.05, 4.69) is 65.3 Å². The molecule has 1 fully saturated rings. The van der Waals surface area contributed by atoms with Gasteiger partial charge in [-0.05, 0) is 35.7 Å². The fraction of sp³-hybridized carbons (Fsp3) is 0.259. The molecule has 3 aromatic carbocycles. The fourth-order valence-electron chi connectivity index (χ4n) is 4.11. The van der Waals surface area contributed by atoms with E-state index in [1.165, 1.54) is 23.3 Å². The fourth-order valence-corrected chi connectivity index (χ4v) is 4.11. The zero-order valence-corrected chi connectivity index (χ0v) is 17.8. The minimum absolute atomic E-state index is 0.300. The highest BCUT2D eigenvalue weighted by Crippen LogP contribution is 2.27. The van der Waals surface area contributed by atoms with Crippen LogP contribution in [-0.2, 0) is 0 Å². The number of rotatable bonds is 6. The van der Waals surface area contributed by atoms with E-state index < -0.39 is 11.6 Å². The van der Waals surface area contributed by atoms with Crippen LogP contribution in [0, 0.1) is 11.6 Å². The van der Waals surface area contributed by atoms with Gasteiger partial charge in [0, 0.05) is 50.4 Å². The maximum Gasteiger partial charge on any atom is 0.133 e. The first kappa shape index (κ1) is 21.4. The van der Waals surface area contributed by atoms with Gasteiger partial charge in [0.05, 0.1) is 0 Å². The van der Waals surface area contributed by atoms with Crippen molar-refractivity contribution in [3.8, 4) is 11.1 Å². The molecule has 0 saturated carbocycles. The van der Waals surface area contributed by atoms with Crippen molar-refractivity contribution in [3.63, 3.8) is 0 Å². The van der Waals surface area contributed by atoms with Crippen molar-refractivity contribution in [2.45, 2.75) is 13.0 Å². The quantitative estimate of drug-likeness (QED) is 0.483. The van der Waals surface area contributed by atoms with Crippen LogP contribution in [0.15, 0.2) is 78.9 Å². The summed E-state index contributed by atoms with van der Waals surface area (Å²) in [6.45, 7) is 7.32. The molecule has 0 amide bonds. The lowest BCUT2D eigenvalue weighted by atomic mass is 10.00. The zero-order chi connectivity index (χ0) is 21.6. The third-order valence-corrected chi connectivity index (χ3v) is 6.06. The first-order valence-corrected chi connectivity index (χ1v) is 10.8. The number of nitrogens with zero attached hydrogens (tertiary/aromatic N) is 2. The molecule has 3 aromatic rings. The highest BCUT2D eigenvalue weighted by atomic mass is 19.1. The van der Waals surface area contributed by atoms with Crippen molar-refractivity contribution in [2.24, 2.45) is 0 Å². The molecule has 0 aliphatic carbocycles. The minimum Gasteiger partial charge on any atom is -0.297 e. The molecule has 1 saturated heterocycles. The van der Waals surface area contributed by atoms with Gasteiger partial charge in [-0.15, -0.1) is 0 Å². The molecule has 1 unspecified atom stereocenters. The van der Waals surface area contributed by atoms with Gasteiger partial charge in [-0.3, -0.25) is 9.80 Å². The van der Waals surface area contributed by atoms with Crippen LogP contribution in [0.1, 0.15) is 24.1 Å². The first-order chi connectivity index (χ1) is 15.1. The second-order valence-electron chi connectivity index (χ2n) is 8.07. The standard InChI is InChI=1S/C27H28F2N2/c1-21(23-9-11-24(12-10-23)26-14-13-25(28)20-27(26)29)31-18-16-30(17-19-31)15-5-8-22-6-3-2-4-7-22/h2-14,20-21H,15-19H2,1H3. The second kappa shape index (κ2) is 9.99. The summed E-state index contributed by atoms with van der Waals surface area (Å²) in [6, 6.07) is 22.4. The van der Waals surface area contributed by atoms with Crippen molar-refractivity contribution in [3.05, 3.63) is 102 Å². The number of hydrogen-bond acceptors (Lipinski definition) is 2. The van der Waals surface area contributed by atoms with Gasteiger partial charge in [0.15, 0.2) is 0 Å².